The summed E-state index contributed by atoms with van der Waals surface area (Å²) in [5.41, 5.74) is 1.10. The van der Waals surface area contributed by atoms with Gasteiger partial charge in [0.05, 0.1) is 12.7 Å². The third kappa shape index (κ3) is 6.07. The van der Waals surface area contributed by atoms with Crippen LogP contribution in [0.15, 0.2) is 12.2 Å². The van der Waals surface area contributed by atoms with Crippen LogP contribution in [0.25, 0.3) is 0 Å². The van der Waals surface area contributed by atoms with Crippen LogP contribution < -0.4 is 5.32 Å². The minimum Gasteiger partial charge on any atom is -0.374 e. The first-order valence-corrected chi connectivity index (χ1v) is 4.13. The Hall–Kier alpha value is -0.340. The summed E-state index contributed by atoms with van der Waals surface area (Å²) >= 11 is 0. The lowest BCUT2D eigenvalue weighted by molar-refractivity contribution is 0.0802. The maximum atomic E-state index is 5.47. The lowest BCUT2D eigenvalue weighted by Gasteiger charge is -2.11. The third-order valence-corrected chi connectivity index (χ3v) is 1.57. The second kappa shape index (κ2) is 6.38. The zero-order valence-electron chi connectivity index (χ0n) is 7.81. The van der Waals surface area contributed by atoms with Crippen molar-refractivity contribution < 1.29 is 4.74 Å². The fourth-order valence-corrected chi connectivity index (χ4v) is 0.679. The summed E-state index contributed by atoms with van der Waals surface area (Å²) in [6.45, 7) is 9.58. The highest BCUT2D eigenvalue weighted by molar-refractivity contribution is 4.96. The molecule has 1 unspecified atom stereocenters. The molecule has 66 valence electrons. The van der Waals surface area contributed by atoms with Crippen LogP contribution in [0.1, 0.15) is 20.3 Å². The van der Waals surface area contributed by atoms with E-state index in [1.807, 2.05) is 7.05 Å². The fourth-order valence-electron chi connectivity index (χ4n) is 0.679. The van der Waals surface area contributed by atoms with E-state index in [1.54, 1.807) is 0 Å². The van der Waals surface area contributed by atoms with E-state index in [0.29, 0.717) is 12.7 Å². The first-order chi connectivity index (χ1) is 5.20. The molecule has 0 bridgehead atoms. The number of hydrogen-bond donors (Lipinski definition) is 1. The molecule has 1 atom stereocenters. The van der Waals surface area contributed by atoms with Gasteiger partial charge in [0.15, 0.2) is 0 Å². The summed E-state index contributed by atoms with van der Waals surface area (Å²) in [6.07, 6.45) is 1.41. The maximum Gasteiger partial charge on any atom is 0.0690 e. The third-order valence-electron chi connectivity index (χ3n) is 1.57. The Morgan fingerprint density at radius 3 is 2.73 bits per heavy atom. The molecule has 0 aromatic heterocycles. The molecule has 0 fully saturated rings. The molecule has 0 aromatic carbocycles. The van der Waals surface area contributed by atoms with Crippen molar-refractivity contribution >= 4 is 0 Å². The van der Waals surface area contributed by atoms with Crippen molar-refractivity contribution in [2.24, 2.45) is 0 Å². The van der Waals surface area contributed by atoms with Crippen LogP contribution in [0.3, 0.4) is 0 Å². The number of hydrogen-bond acceptors (Lipinski definition) is 2. The molecule has 2 heteroatoms. The summed E-state index contributed by atoms with van der Waals surface area (Å²) in [5, 5.41) is 3.03. The van der Waals surface area contributed by atoms with Crippen LogP contribution in [0, 0.1) is 0 Å². The predicted molar refractivity (Wildman–Crippen MR) is 48.8 cm³/mol. The van der Waals surface area contributed by atoms with Crippen LogP contribution in [-0.2, 0) is 4.74 Å². The first kappa shape index (κ1) is 10.7. The van der Waals surface area contributed by atoms with Gasteiger partial charge < -0.3 is 10.1 Å². The summed E-state index contributed by atoms with van der Waals surface area (Å²) in [7, 11) is 1.91. The Kier molecular flexibility index (Phi) is 6.18. The average Bonchev–Trinajstić information content (AvgIpc) is 2.01. The molecule has 0 saturated carbocycles. The quantitative estimate of drug-likeness (QED) is 0.591. The van der Waals surface area contributed by atoms with Gasteiger partial charge in [-0.2, -0.15) is 0 Å². The van der Waals surface area contributed by atoms with Crippen molar-refractivity contribution in [1.82, 2.24) is 5.32 Å². The molecule has 0 aromatic rings. The molecule has 1 N–H and O–H groups in total. The molecule has 0 amide bonds. The SMILES string of the molecule is C=C(CNC)COC(C)CC. The summed E-state index contributed by atoms with van der Waals surface area (Å²) in [6, 6.07) is 0. The second-order valence-corrected chi connectivity index (χ2v) is 2.81. The van der Waals surface area contributed by atoms with Crippen LogP contribution in [0.4, 0.5) is 0 Å². The van der Waals surface area contributed by atoms with Gasteiger partial charge in [-0.05, 0) is 26.0 Å². The van der Waals surface area contributed by atoms with Crippen molar-refractivity contribution in [2.45, 2.75) is 26.4 Å². The Balaban J connectivity index is 3.30. The number of ether oxygens (including phenoxy) is 1. The molecule has 2 nitrogen and oxygen atoms in total. The van der Waals surface area contributed by atoms with E-state index in [0.717, 1.165) is 18.5 Å². The highest BCUT2D eigenvalue weighted by Crippen LogP contribution is 1.98. The van der Waals surface area contributed by atoms with E-state index in [2.05, 4.69) is 25.7 Å². The molecule has 11 heavy (non-hydrogen) atoms. The van der Waals surface area contributed by atoms with Gasteiger partial charge in [0.25, 0.3) is 0 Å². The van der Waals surface area contributed by atoms with Crippen LogP contribution in [0.5, 0.6) is 0 Å². The topological polar surface area (TPSA) is 21.3 Å². The van der Waals surface area contributed by atoms with Crippen molar-refractivity contribution in [3.63, 3.8) is 0 Å². The molecule has 0 heterocycles. The van der Waals surface area contributed by atoms with E-state index in [9.17, 15) is 0 Å². The standard InChI is InChI=1S/C9H19NO/c1-5-9(3)11-7-8(2)6-10-4/h9-10H,2,5-7H2,1,3-4H3. The largest absolute Gasteiger partial charge is 0.374 e. The predicted octanol–water partition coefficient (Wildman–Crippen LogP) is 1.58. The molecule has 0 spiro atoms. The van der Waals surface area contributed by atoms with Crippen molar-refractivity contribution in [3.05, 3.63) is 12.2 Å². The van der Waals surface area contributed by atoms with Crippen molar-refractivity contribution in [1.29, 1.82) is 0 Å². The lowest BCUT2D eigenvalue weighted by Crippen LogP contribution is -2.16. The lowest BCUT2D eigenvalue weighted by atomic mass is 10.3. The Bertz CT molecular complexity index is 112. The van der Waals surface area contributed by atoms with Gasteiger partial charge in [-0.25, -0.2) is 0 Å². The van der Waals surface area contributed by atoms with Gasteiger partial charge in [-0.15, -0.1) is 0 Å². The van der Waals surface area contributed by atoms with E-state index >= 15 is 0 Å². The normalized spacial score (nSPS) is 13.0. The molecular formula is C9H19NO. The molecule has 0 saturated heterocycles. The Labute approximate surface area is 69.6 Å². The Morgan fingerprint density at radius 1 is 1.64 bits per heavy atom. The Morgan fingerprint density at radius 2 is 2.27 bits per heavy atom. The zero-order valence-corrected chi connectivity index (χ0v) is 7.81. The maximum absolute atomic E-state index is 5.47. The van der Waals surface area contributed by atoms with E-state index < -0.39 is 0 Å². The van der Waals surface area contributed by atoms with Crippen molar-refractivity contribution in [2.75, 3.05) is 20.2 Å². The highest BCUT2D eigenvalue weighted by atomic mass is 16.5. The molecule has 0 aliphatic heterocycles. The molecular weight excluding hydrogens is 138 g/mol. The molecule has 0 radical (unpaired) electrons. The minimum atomic E-state index is 0.351. The van der Waals surface area contributed by atoms with Crippen LogP contribution in [-0.4, -0.2) is 26.3 Å². The molecule has 0 aliphatic rings. The highest BCUT2D eigenvalue weighted by Gasteiger charge is 1.98. The second-order valence-electron chi connectivity index (χ2n) is 2.81. The monoisotopic (exact) mass is 157 g/mol. The number of nitrogens with one attached hydrogen (secondary N) is 1. The fraction of sp³-hybridized carbons (Fsp3) is 0.778. The van der Waals surface area contributed by atoms with Crippen molar-refractivity contribution in [3.8, 4) is 0 Å². The minimum absolute atomic E-state index is 0.351. The van der Waals surface area contributed by atoms with Gasteiger partial charge in [0, 0.05) is 6.54 Å². The van der Waals surface area contributed by atoms with E-state index in [-0.39, 0.29) is 0 Å². The van der Waals surface area contributed by atoms with E-state index in [1.165, 1.54) is 0 Å². The molecule has 0 rings (SSSR count). The van der Waals surface area contributed by atoms with E-state index in [4.69, 9.17) is 4.74 Å². The summed E-state index contributed by atoms with van der Waals surface area (Å²) in [5.74, 6) is 0. The van der Waals surface area contributed by atoms with Gasteiger partial charge >= 0.3 is 0 Å². The zero-order chi connectivity index (χ0) is 8.69. The van der Waals surface area contributed by atoms with Gasteiger partial charge in [0.2, 0.25) is 0 Å². The van der Waals surface area contributed by atoms with Gasteiger partial charge in [0.1, 0.15) is 0 Å². The first-order valence-electron chi connectivity index (χ1n) is 4.13. The molecule has 0 aliphatic carbocycles. The number of rotatable bonds is 6. The summed E-state index contributed by atoms with van der Waals surface area (Å²) in [4.78, 5) is 0. The van der Waals surface area contributed by atoms with Gasteiger partial charge in [-0.1, -0.05) is 13.5 Å². The summed E-state index contributed by atoms with van der Waals surface area (Å²) < 4.78 is 5.47. The van der Waals surface area contributed by atoms with Gasteiger partial charge in [-0.3, -0.25) is 0 Å². The smallest absolute Gasteiger partial charge is 0.0690 e. The number of likely N-dealkylation sites (N-methyl/N-ethyl adjacent to an activating group) is 1. The van der Waals surface area contributed by atoms with Crippen LogP contribution in [0.2, 0.25) is 0 Å². The van der Waals surface area contributed by atoms with Crippen LogP contribution >= 0.6 is 0 Å². The average molecular weight is 157 g/mol.